The van der Waals surface area contributed by atoms with Crippen LogP contribution in [-0.4, -0.2) is 25.3 Å². The lowest BCUT2D eigenvalue weighted by molar-refractivity contribution is 0.0964. The molecule has 0 bridgehead atoms. The van der Waals surface area contributed by atoms with E-state index in [1.807, 2.05) is 0 Å². The molecule has 1 aromatic rings. The first-order chi connectivity index (χ1) is 9.38. The van der Waals surface area contributed by atoms with Gasteiger partial charge in [0.2, 0.25) is 0 Å². The zero-order chi connectivity index (χ0) is 14.9. The Kier molecular flexibility index (Phi) is 4.04. The number of nitrogen functional groups attached to an aromatic ring is 1. The second-order valence-corrected chi connectivity index (χ2v) is 6.72. The fourth-order valence-electron chi connectivity index (χ4n) is 2.43. The van der Waals surface area contributed by atoms with E-state index in [0.717, 1.165) is 6.54 Å². The highest BCUT2D eigenvalue weighted by molar-refractivity contribution is 7.19. The topological polar surface area (TPSA) is 84.2 Å². The predicted octanol–water partition coefficient (Wildman–Crippen LogP) is 2.49. The Morgan fingerprint density at radius 1 is 1.40 bits per heavy atom. The molecule has 0 radical (unpaired) electrons. The normalized spacial score (nSPS) is 16.4. The number of carbonyl (C=O) groups excluding carboxylic acids is 2. The van der Waals surface area contributed by atoms with Crippen molar-refractivity contribution in [3.8, 4) is 0 Å². The van der Waals surface area contributed by atoms with Crippen molar-refractivity contribution in [1.82, 2.24) is 5.32 Å². The highest BCUT2D eigenvalue weighted by Crippen LogP contribution is 2.42. The average Bonchev–Trinajstić information content (AvgIpc) is 2.70. The minimum atomic E-state index is -0.257. The van der Waals surface area contributed by atoms with Gasteiger partial charge >= 0.3 is 0 Å². The van der Waals surface area contributed by atoms with Gasteiger partial charge in [0.05, 0.1) is 16.1 Å². The minimum Gasteiger partial charge on any atom is -0.397 e. The molecule has 1 amide bonds. The van der Waals surface area contributed by atoms with Crippen LogP contribution in [0.3, 0.4) is 0 Å². The fourth-order valence-corrected chi connectivity index (χ4v) is 3.44. The number of hydrogen-bond acceptors (Lipinski definition) is 5. The molecule has 1 heterocycles. The molecule has 1 aliphatic carbocycles. The fraction of sp³-hybridized carbons (Fsp3) is 0.571. The first kappa shape index (κ1) is 14.8. The molecular formula is C14H21N3O2S. The smallest absolute Gasteiger partial charge is 0.256 e. The summed E-state index contributed by atoms with van der Waals surface area (Å²) in [6.45, 7) is 4.49. The van der Waals surface area contributed by atoms with Crippen LogP contribution in [0.1, 0.15) is 53.1 Å². The lowest BCUT2D eigenvalue weighted by Gasteiger charge is -2.38. The van der Waals surface area contributed by atoms with Crippen LogP contribution in [0.5, 0.6) is 0 Å². The van der Waals surface area contributed by atoms with Crippen molar-refractivity contribution in [1.29, 1.82) is 0 Å². The Hall–Kier alpha value is -1.56. The van der Waals surface area contributed by atoms with Crippen molar-refractivity contribution in [3.05, 3.63) is 10.4 Å². The monoisotopic (exact) mass is 295 g/mol. The minimum absolute atomic E-state index is 0.111. The van der Waals surface area contributed by atoms with Crippen molar-refractivity contribution in [2.75, 3.05) is 24.6 Å². The Morgan fingerprint density at radius 3 is 2.50 bits per heavy atom. The second kappa shape index (κ2) is 5.44. The number of nitrogens with two attached hydrogens (primary N) is 1. The number of Topliss-reactive ketones (excluding diaryl/α,β-unsaturated/α-hetero) is 1. The third-order valence-electron chi connectivity index (χ3n) is 3.96. The van der Waals surface area contributed by atoms with E-state index in [0.29, 0.717) is 15.4 Å². The van der Waals surface area contributed by atoms with E-state index < -0.39 is 0 Å². The summed E-state index contributed by atoms with van der Waals surface area (Å²) in [7, 11) is 1.56. The third-order valence-corrected chi connectivity index (χ3v) is 5.22. The molecule has 2 rings (SSSR count). The number of thiophene rings is 1. The van der Waals surface area contributed by atoms with Crippen molar-refractivity contribution in [2.45, 2.75) is 33.1 Å². The average molecular weight is 295 g/mol. The third kappa shape index (κ3) is 2.65. The molecule has 0 unspecified atom stereocenters. The van der Waals surface area contributed by atoms with E-state index in [4.69, 9.17) is 5.73 Å². The number of rotatable bonds is 5. The van der Waals surface area contributed by atoms with E-state index in [9.17, 15) is 9.59 Å². The summed E-state index contributed by atoms with van der Waals surface area (Å²) in [5.41, 5.74) is 6.92. The summed E-state index contributed by atoms with van der Waals surface area (Å²) in [6.07, 6.45) is 3.64. The highest BCUT2D eigenvalue weighted by Gasteiger charge is 2.32. The van der Waals surface area contributed by atoms with Crippen LogP contribution in [0.25, 0.3) is 0 Å². The maximum atomic E-state index is 12.0. The van der Waals surface area contributed by atoms with Gasteiger partial charge in [0.1, 0.15) is 5.00 Å². The molecule has 0 aromatic carbocycles. The van der Waals surface area contributed by atoms with Crippen LogP contribution in [0.4, 0.5) is 10.7 Å². The van der Waals surface area contributed by atoms with Crippen LogP contribution < -0.4 is 16.4 Å². The molecule has 0 atom stereocenters. The van der Waals surface area contributed by atoms with Gasteiger partial charge in [0.25, 0.3) is 5.91 Å². The highest BCUT2D eigenvalue weighted by atomic mass is 32.1. The second-order valence-electron chi connectivity index (χ2n) is 5.70. The molecule has 1 aliphatic rings. The van der Waals surface area contributed by atoms with E-state index in [-0.39, 0.29) is 22.8 Å². The summed E-state index contributed by atoms with van der Waals surface area (Å²) < 4.78 is 0. The molecule has 0 aliphatic heterocycles. The Morgan fingerprint density at radius 2 is 2.05 bits per heavy atom. The van der Waals surface area contributed by atoms with Gasteiger partial charge < -0.3 is 16.4 Å². The molecule has 20 heavy (non-hydrogen) atoms. The lowest BCUT2D eigenvalue weighted by Crippen LogP contribution is -2.33. The quantitative estimate of drug-likeness (QED) is 0.729. The van der Waals surface area contributed by atoms with Crippen molar-refractivity contribution >= 4 is 33.7 Å². The number of hydrogen-bond donors (Lipinski definition) is 3. The van der Waals surface area contributed by atoms with E-state index in [2.05, 4.69) is 17.6 Å². The molecule has 0 spiro atoms. The number of ketones is 1. The molecule has 1 fully saturated rings. The van der Waals surface area contributed by atoms with E-state index >= 15 is 0 Å². The molecule has 1 aromatic heterocycles. The molecule has 4 N–H and O–H groups in total. The van der Waals surface area contributed by atoms with Gasteiger partial charge in [0, 0.05) is 20.5 Å². The summed E-state index contributed by atoms with van der Waals surface area (Å²) in [6, 6.07) is 0. The van der Waals surface area contributed by atoms with Crippen molar-refractivity contribution in [2.24, 2.45) is 5.41 Å². The van der Waals surface area contributed by atoms with Crippen LogP contribution >= 0.6 is 11.3 Å². The summed E-state index contributed by atoms with van der Waals surface area (Å²) >= 11 is 1.27. The SMILES string of the molecule is CNC(=O)c1c(NCC2(C)CCC2)sc(C(C)=O)c1N. The van der Waals surface area contributed by atoms with Crippen LogP contribution in [-0.2, 0) is 0 Å². The summed E-state index contributed by atoms with van der Waals surface area (Å²) in [5.74, 6) is -0.368. The first-order valence-corrected chi connectivity index (χ1v) is 7.59. The number of nitrogens with one attached hydrogen (secondary N) is 2. The zero-order valence-corrected chi connectivity index (χ0v) is 12.9. The standard InChI is InChI=1S/C14H21N3O2S/c1-8(18)11-10(15)9(12(19)16-3)13(20-11)17-7-14(2)5-4-6-14/h17H,4-7,15H2,1-3H3,(H,16,19). The number of anilines is 2. The molecule has 5 nitrogen and oxygen atoms in total. The van der Waals surface area contributed by atoms with Gasteiger partial charge in [-0.25, -0.2) is 0 Å². The molecule has 0 saturated heterocycles. The van der Waals surface area contributed by atoms with Gasteiger partial charge in [-0.05, 0) is 18.3 Å². The predicted molar refractivity (Wildman–Crippen MR) is 82.6 cm³/mol. The van der Waals surface area contributed by atoms with Gasteiger partial charge in [-0.3, -0.25) is 9.59 Å². The van der Waals surface area contributed by atoms with Gasteiger partial charge in [-0.15, -0.1) is 11.3 Å². The van der Waals surface area contributed by atoms with Gasteiger partial charge in [-0.2, -0.15) is 0 Å². The first-order valence-electron chi connectivity index (χ1n) is 6.77. The molecule has 6 heteroatoms. The number of amides is 1. The van der Waals surface area contributed by atoms with Crippen LogP contribution in [0.15, 0.2) is 0 Å². The van der Waals surface area contributed by atoms with Gasteiger partial charge in [-0.1, -0.05) is 13.3 Å². The Balaban J connectivity index is 2.27. The summed E-state index contributed by atoms with van der Waals surface area (Å²) in [4.78, 5) is 24.0. The van der Waals surface area contributed by atoms with Crippen LogP contribution in [0, 0.1) is 5.41 Å². The molecule has 1 saturated carbocycles. The van der Waals surface area contributed by atoms with E-state index in [1.54, 1.807) is 7.05 Å². The maximum absolute atomic E-state index is 12.0. The number of carbonyl (C=O) groups is 2. The lowest BCUT2D eigenvalue weighted by atomic mass is 9.70. The largest absolute Gasteiger partial charge is 0.397 e. The zero-order valence-electron chi connectivity index (χ0n) is 12.1. The molecule has 110 valence electrons. The summed E-state index contributed by atoms with van der Waals surface area (Å²) in [5, 5.41) is 6.58. The van der Waals surface area contributed by atoms with Gasteiger partial charge in [0.15, 0.2) is 5.78 Å². The maximum Gasteiger partial charge on any atom is 0.256 e. The Labute approximate surface area is 122 Å². The Bertz CT molecular complexity index is 547. The van der Waals surface area contributed by atoms with E-state index in [1.165, 1.54) is 37.5 Å². The van der Waals surface area contributed by atoms with Crippen molar-refractivity contribution < 1.29 is 9.59 Å². The van der Waals surface area contributed by atoms with Crippen LogP contribution in [0.2, 0.25) is 0 Å². The van der Waals surface area contributed by atoms with Crippen molar-refractivity contribution in [3.63, 3.8) is 0 Å². The molecular weight excluding hydrogens is 274 g/mol.